The molecule has 2 aromatic rings. The highest BCUT2D eigenvalue weighted by atomic mass is 32.1. The van der Waals surface area contributed by atoms with E-state index in [9.17, 15) is 0 Å². The second-order valence-electron chi connectivity index (χ2n) is 2.58. The highest BCUT2D eigenvalue weighted by Gasteiger charge is 2.04. The van der Waals surface area contributed by atoms with Crippen LogP contribution in [0.1, 0.15) is 5.69 Å². The maximum Gasteiger partial charge on any atom is 0.168 e. The maximum atomic E-state index is 5.10. The van der Waals surface area contributed by atoms with Crippen LogP contribution in [0.25, 0.3) is 11.3 Å². The number of nitrogens with zero attached hydrogens (tertiary/aromatic N) is 2. The van der Waals surface area contributed by atoms with Crippen molar-refractivity contribution in [3.05, 3.63) is 36.3 Å². The van der Waals surface area contributed by atoms with Crippen molar-refractivity contribution in [1.29, 1.82) is 0 Å². The van der Waals surface area contributed by atoms with Crippen LogP contribution in [0, 0.1) is 0 Å². The molecule has 0 unspecified atom stereocenters. The minimum absolute atomic E-state index is 0.587. The van der Waals surface area contributed by atoms with Crippen molar-refractivity contribution >= 4 is 12.6 Å². The van der Waals surface area contributed by atoms with E-state index >= 15 is 0 Å². The SMILES string of the molecule is SCc1cc(-c2cccnc2)on1. The third-order valence-electron chi connectivity index (χ3n) is 1.67. The minimum Gasteiger partial charge on any atom is -0.356 e. The fourth-order valence-corrected chi connectivity index (χ4v) is 1.18. The van der Waals surface area contributed by atoms with E-state index in [4.69, 9.17) is 4.52 Å². The van der Waals surface area contributed by atoms with Gasteiger partial charge in [-0.3, -0.25) is 4.98 Å². The molecular weight excluding hydrogens is 184 g/mol. The summed E-state index contributed by atoms with van der Waals surface area (Å²) < 4.78 is 5.10. The van der Waals surface area contributed by atoms with Crippen LogP contribution in [0.2, 0.25) is 0 Å². The molecule has 3 nitrogen and oxygen atoms in total. The van der Waals surface area contributed by atoms with Gasteiger partial charge in [0.15, 0.2) is 5.76 Å². The van der Waals surface area contributed by atoms with Crippen molar-refractivity contribution in [2.75, 3.05) is 0 Å². The van der Waals surface area contributed by atoms with E-state index < -0.39 is 0 Å². The largest absolute Gasteiger partial charge is 0.356 e. The summed E-state index contributed by atoms with van der Waals surface area (Å²) in [6, 6.07) is 5.65. The lowest BCUT2D eigenvalue weighted by Gasteiger charge is -1.90. The highest BCUT2D eigenvalue weighted by molar-refractivity contribution is 7.79. The molecule has 0 aliphatic carbocycles. The first-order valence-corrected chi connectivity index (χ1v) is 4.50. The number of hydrogen-bond acceptors (Lipinski definition) is 4. The van der Waals surface area contributed by atoms with Crippen LogP contribution in [0.5, 0.6) is 0 Å². The lowest BCUT2D eigenvalue weighted by Crippen LogP contribution is -1.74. The Bertz CT molecular complexity index is 386. The number of rotatable bonds is 2. The molecule has 0 aliphatic rings. The summed E-state index contributed by atoms with van der Waals surface area (Å²) in [5, 5.41) is 3.83. The predicted molar refractivity (Wildman–Crippen MR) is 52.4 cm³/mol. The Labute approximate surface area is 81.2 Å². The van der Waals surface area contributed by atoms with Crippen LogP contribution in [0.3, 0.4) is 0 Å². The van der Waals surface area contributed by atoms with E-state index in [-0.39, 0.29) is 0 Å². The van der Waals surface area contributed by atoms with Gasteiger partial charge in [-0.15, -0.1) is 0 Å². The predicted octanol–water partition coefficient (Wildman–Crippen LogP) is 2.17. The molecule has 0 saturated heterocycles. The van der Waals surface area contributed by atoms with Gasteiger partial charge in [-0.25, -0.2) is 0 Å². The summed E-state index contributed by atoms with van der Waals surface area (Å²) in [6.07, 6.45) is 3.46. The summed E-state index contributed by atoms with van der Waals surface area (Å²) in [6.45, 7) is 0. The molecule has 0 radical (unpaired) electrons. The fraction of sp³-hybridized carbons (Fsp3) is 0.111. The molecule has 0 aliphatic heterocycles. The van der Waals surface area contributed by atoms with Gasteiger partial charge < -0.3 is 4.52 Å². The van der Waals surface area contributed by atoms with E-state index in [1.54, 1.807) is 12.4 Å². The van der Waals surface area contributed by atoms with Gasteiger partial charge in [-0.2, -0.15) is 12.6 Å². The van der Waals surface area contributed by atoms with Crippen molar-refractivity contribution in [2.24, 2.45) is 0 Å². The quantitative estimate of drug-likeness (QED) is 0.741. The molecule has 2 heterocycles. The average molecular weight is 192 g/mol. The zero-order valence-corrected chi connectivity index (χ0v) is 7.74. The Morgan fingerprint density at radius 3 is 3.00 bits per heavy atom. The van der Waals surface area contributed by atoms with E-state index in [0.29, 0.717) is 5.75 Å². The summed E-state index contributed by atoms with van der Waals surface area (Å²) in [5.74, 6) is 1.32. The van der Waals surface area contributed by atoms with Crippen LogP contribution in [0.15, 0.2) is 35.1 Å². The first-order valence-electron chi connectivity index (χ1n) is 3.87. The first-order chi connectivity index (χ1) is 6.40. The van der Waals surface area contributed by atoms with Crippen LogP contribution in [0.4, 0.5) is 0 Å². The molecule has 0 N–H and O–H groups in total. The Morgan fingerprint density at radius 2 is 2.38 bits per heavy atom. The monoisotopic (exact) mass is 192 g/mol. The lowest BCUT2D eigenvalue weighted by molar-refractivity contribution is 0.426. The first kappa shape index (κ1) is 8.31. The van der Waals surface area contributed by atoms with Gasteiger partial charge in [-0.05, 0) is 12.1 Å². The van der Waals surface area contributed by atoms with Crippen molar-refractivity contribution in [2.45, 2.75) is 5.75 Å². The Morgan fingerprint density at radius 1 is 1.46 bits per heavy atom. The third-order valence-corrected chi connectivity index (χ3v) is 1.99. The van der Waals surface area contributed by atoms with Gasteiger partial charge in [0.05, 0.1) is 5.69 Å². The van der Waals surface area contributed by atoms with Gasteiger partial charge in [-0.1, -0.05) is 5.16 Å². The zero-order valence-electron chi connectivity index (χ0n) is 6.84. The van der Waals surface area contributed by atoms with Gasteiger partial charge in [0.2, 0.25) is 0 Å². The molecule has 0 amide bonds. The smallest absolute Gasteiger partial charge is 0.168 e. The van der Waals surface area contributed by atoms with Gasteiger partial charge in [0.1, 0.15) is 0 Å². The minimum atomic E-state index is 0.587. The Hall–Kier alpha value is -1.29. The highest BCUT2D eigenvalue weighted by Crippen LogP contribution is 2.19. The lowest BCUT2D eigenvalue weighted by atomic mass is 10.2. The molecule has 0 atom stereocenters. The van der Waals surface area contributed by atoms with Gasteiger partial charge >= 0.3 is 0 Å². The fourth-order valence-electron chi connectivity index (χ4n) is 1.03. The van der Waals surface area contributed by atoms with Crippen molar-refractivity contribution in [3.63, 3.8) is 0 Å². The zero-order chi connectivity index (χ0) is 9.10. The molecule has 66 valence electrons. The molecule has 0 spiro atoms. The van der Waals surface area contributed by atoms with Crippen molar-refractivity contribution < 1.29 is 4.52 Å². The summed E-state index contributed by atoms with van der Waals surface area (Å²) >= 11 is 4.10. The number of hydrogen-bond donors (Lipinski definition) is 1. The summed E-state index contributed by atoms with van der Waals surface area (Å²) in [5.41, 5.74) is 1.77. The van der Waals surface area contributed by atoms with Crippen LogP contribution < -0.4 is 0 Å². The summed E-state index contributed by atoms with van der Waals surface area (Å²) in [7, 11) is 0. The molecule has 13 heavy (non-hydrogen) atoms. The molecule has 2 rings (SSSR count). The number of thiol groups is 1. The molecule has 0 bridgehead atoms. The van der Waals surface area contributed by atoms with Crippen LogP contribution >= 0.6 is 12.6 Å². The maximum absolute atomic E-state index is 5.10. The number of aromatic nitrogens is 2. The average Bonchev–Trinajstić information content (AvgIpc) is 2.67. The van der Waals surface area contributed by atoms with E-state index in [1.807, 2.05) is 18.2 Å². The van der Waals surface area contributed by atoms with E-state index in [0.717, 1.165) is 17.0 Å². The topological polar surface area (TPSA) is 38.9 Å². The molecule has 4 heteroatoms. The van der Waals surface area contributed by atoms with Crippen molar-refractivity contribution in [1.82, 2.24) is 10.1 Å². The second-order valence-corrected chi connectivity index (χ2v) is 2.90. The molecule has 0 saturated carbocycles. The molecule has 0 aromatic carbocycles. The van der Waals surface area contributed by atoms with Crippen LogP contribution in [-0.4, -0.2) is 10.1 Å². The molecule has 2 aromatic heterocycles. The van der Waals surface area contributed by atoms with Crippen LogP contribution in [-0.2, 0) is 5.75 Å². The van der Waals surface area contributed by atoms with Gasteiger partial charge in [0, 0.05) is 29.8 Å². The van der Waals surface area contributed by atoms with Gasteiger partial charge in [0.25, 0.3) is 0 Å². The van der Waals surface area contributed by atoms with E-state index in [2.05, 4.69) is 22.8 Å². The molecule has 0 fully saturated rings. The van der Waals surface area contributed by atoms with E-state index in [1.165, 1.54) is 0 Å². The number of pyridine rings is 1. The second kappa shape index (κ2) is 3.62. The third kappa shape index (κ3) is 1.72. The Balaban J connectivity index is 2.36. The normalized spacial score (nSPS) is 10.2. The molecular formula is C9H8N2OS. The van der Waals surface area contributed by atoms with Crippen molar-refractivity contribution in [3.8, 4) is 11.3 Å². The summed E-state index contributed by atoms with van der Waals surface area (Å²) in [4.78, 5) is 3.99. The Kier molecular flexibility index (Phi) is 2.31. The standard InChI is InChI=1S/C9H8N2OS/c13-6-8-4-9(12-11-8)7-2-1-3-10-5-7/h1-5,13H,6H2.